The molecular weight excluding hydrogens is 479 g/mol. The maximum absolute atomic E-state index is 12.7. The first-order valence-corrected chi connectivity index (χ1v) is 11.4. The summed E-state index contributed by atoms with van der Waals surface area (Å²) in [7, 11) is 0. The Kier molecular flexibility index (Phi) is 10.7. The molecule has 0 heterocycles. The molecule has 2 aromatic carbocycles. The molecular formula is C24H26Cl2N4O4. The van der Waals surface area contributed by atoms with E-state index in [0.717, 1.165) is 0 Å². The number of benzene rings is 2. The van der Waals surface area contributed by atoms with E-state index in [1.165, 1.54) is 18.3 Å². The minimum Gasteiger partial charge on any atom is -0.490 e. The molecule has 8 nitrogen and oxygen atoms in total. The summed E-state index contributed by atoms with van der Waals surface area (Å²) in [4.78, 5) is 25.4. The highest BCUT2D eigenvalue weighted by atomic mass is 35.5. The third-order valence-electron chi connectivity index (χ3n) is 4.45. The molecule has 0 aliphatic heterocycles. The minimum atomic E-state index is -0.822. The van der Waals surface area contributed by atoms with Gasteiger partial charge in [-0.1, -0.05) is 37.0 Å². The summed E-state index contributed by atoms with van der Waals surface area (Å²) in [5.41, 5.74) is 3.33. The predicted octanol–water partition coefficient (Wildman–Crippen LogP) is 4.59. The SMILES string of the molecule is CCOc1cc(/C=N\NC(=O)[C@H](CC(C)C)NC(=O)c2ccc(Cl)cc2Cl)ccc1OCC#N. The first-order chi connectivity index (χ1) is 16.2. The van der Waals surface area contributed by atoms with Gasteiger partial charge in [0.2, 0.25) is 0 Å². The quantitative estimate of drug-likeness (QED) is 0.343. The standard InChI is InChI=1S/C24H26Cl2N4O4/c1-4-33-22-12-16(5-8-21(22)34-10-9-27)14-28-30-24(32)20(11-15(2)3)29-23(31)18-7-6-17(25)13-19(18)26/h5-8,12-15,20H,4,10-11H2,1-3H3,(H,29,31)(H,30,32)/b28-14-/t20-/m0/s1. The number of ether oxygens (including phenoxy) is 2. The van der Waals surface area contributed by atoms with E-state index in [1.807, 2.05) is 26.8 Å². The molecule has 2 rings (SSSR count). The lowest BCUT2D eigenvalue weighted by Gasteiger charge is -2.19. The Balaban J connectivity index is 2.09. The molecule has 2 aromatic rings. The van der Waals surface area contributed by atoms with Gasteiger partial charge in [0.05, 0.1) is 23.4 Å². The number of amides is 2. The number of carbonyl (C=O) groups is 2. The number of hydrogen-bond acceptors (Lipinski definition) is 6. The Hall–Kier alpha value is -3.28. The highest BCUT2D eigenvalue weighted by molar-refractivity contribution is 6.36. The second kappa shape index (κ2) is 13.4. The van der Waals surface area contributed by atoms with Gasteiger partial charge in [-0.3, -0.25) is 9.59 Å². The van der Waals surface area contributed by atoms with E-state index < -0.39 is 17.9 Å². The van der Waals surface area contributed by atoms with Crippen LogP contribution in [0.3, 0.4) is 0 Å². The van der Waals surface area contributed by atoms with Crippen molar-refractivity contribution in [3.8, 4) is 17.6 Å². The summed E-state index contributed by atoms with van der Waals surface area (Å²) in [6, 6.07) is 10.7. The van der Waals surface area contributed by atoms with Crippen molar-refractivity contribution in [1.29, 1.82) is 5.26 Å². The largest absolute Gasteiger partial charge is 0.490 e. The van der Waals surface area contributed by atoms with E-state index in [4.69, 9.17) is 37.9 Å². The minimum absolute atomic E-state index is 0.103. The highest BCUT2D eigenvalue weighted by Gasteiger charge is 2.23. The normalized spacial score (nSPS) is 11.7. The zero-order valence-corrected chi connectivity index (χ0v) is 20.6. The van der Waals surface area contributed by atoms with Gasteiger partial charge in [-0.15, -0.1) is 0 Å². The molecule has 0 spiro atoms. The average Bonchev–Trinajstić information content (AvgIpc) is 2.77. The number of nitrogens with zero attached hydrogens (tertiary/aromatic N) is 2. The van der Waals surface area contributed by atoms with Gasteiger partial charge in [0.15, 0.2) is 18.1 Å². The van der Waals surface area contributed by atoms with Gasteiger partial charge in [0.1, 0.15) is 12.1 Å². The summed E-state index contributed by atoms with van der Waals surface area (Å²) >= 11 is 12.0. The number of rotatable bonds is 11. The second-order valence-electron chi connectivity index (χ2n) is 7.60. The predicted molar refractivity (Wildman–Crippen MR) is 132 cm³/mol. The van der Waals surface area contributed by atoms with E-state index in [-0.39, 0.29) is 23.1 Å². The Morgan fingerprint density at radius 1 is 1.15 bits per heavy atom. The van der Waals surface area contributed by atoms with Crippen LogP contribution < -0.4 is 20.2 Å². The van der Waals surface area contributed by atoms with Crippen molar-refractivity contribution >= 4 is 41.2 Å². The zero-order valence-electron chi connectivity index (χ0n) is 19.1. The third-order valence-corrected chi connectivity index (χ3v) is 5.00. The van der Waals surface area contributed by atoms with E-state index in [2.05, 4.69) is 15.8 Å². The van der Waals surface area contributed by atoms with Crippen LogP contribution in [0.25, 0.3) is 0 Å². The third kappa shape index (κ3) is 8.25. The smallest absolute Gasteiger partial charge is 0.262 e. The number of nitriles is 1. The van der Waals surface area contributed by atoms with Gasteiger partial charge in [-0.2, -0.15) is 10.4 Å². The highest BCUT2D eigenvalue weighted by Crippen LogP contribution is 2.28. The fourth-order valence-corrected chi connectivity index (χ4v) is 3.46. The van der Waals surface area contributed by atoms with E-state index in [1.54, 1.807) is 24.3 Å². The Bertz CT molecular complexity index is 1080. The first-order valence-electron chi connectivity index (χ1n) is 10.6. The van der Waals surface area contributed by atoms with Crippen LogP contribution in [0.5, 0.6) is 11.5 Å². The lowest BCUT2D eigenvalue weighted by Crippen LogP contribution is -2.46. The molecule has 10 heteroatoms. The van der Waals surface area contributed by atoms with Gasteiger partial charge >= 0.3 is 0 Å². The van der Waals surface area contributed by atoms with Crippen molar-refractivity contribution < 1.29 is 19.1 Å². The number of nitrogens with one attached hydrogen (secondary N) is 2. The van der Waals surface area contributed by atoms with Crippen LogP contribution in [0.4, 0.5) is 0 Å². The molecule has 180 valence electrons. The van der Waals surface area contributed by atoms with Gasteiger partial charge in [-0.25, -0.2) is 5.43 Å². The summed E-state index contributed by atoms with van der Waals surface area (Å²) in [5, 5.41) is 16.0. The van der Waals surface area contributed by atoms with Crippen LogP contribution >= 0.6 is 23.2 Å². The molecule has 0 aliphatic carbocycles. The lowest BCUT2D eigenvalue weighted by molar-refractivity contribution is -0.123. The summed E-state index contributed by atoms with van der Waals surface area (Å²) in [6.07, 6.45) is 1.84. The van der Waals surface area contributed by atoms with Crippen LogP contribution in [-0.2, 0) is 4.79 Å². The van der Waals surface area contributed by atoms with Crippen molar-refractivity contribution in [3.05, 3.63) is 57.6 Å². The molecule has 0 saturated heterocycles. The van der Waals surface area contributed by atoms with Crippen LogP contribution in [0.2, 0.25) is 10.0 Å². The molecule has 2 N–H and O–H groups in total. The van der Waals surface area contributed by atoms with Crippen molar-refractivity contribution in [3.63, 3.8) is 0 Å². The molecule has 2 amide bonds. The van der Waals surface area contributed by atoms with Crippen molar-refractivity contribution in [2.24, 2.45) is 11.0 Å². The Labute approximate surface area is 208 Å². The van der Waals surface area contributed by atoms with Crippen LogP contribution in [0, 0.1) is 17.2 Å². The summed E-state index contributed by atoms with van der Waals surface area (Å²) in [5.74, 6) is 0.0709. The molecule has 0 aromatic heterocycles. The number of halogens is 2. The second-order valence-corrected chi connectivity index (χ2v) is 8.44. The molecule has 0 fully saturated rings. The molecule has 0 unspecified atom stereocenters. The fraction of sp³-hybridized carbons (Fsp3) is 0.333. The van der Waals surface area contributed by atoms with Crippen molar-refractivity contribution in [2.45, 2.75) is 33.2 Å². The van der Waals surface area contributed by atoms with Gasteiger partial charge < -0.3 is 14.8 Å². The van der Waals surface area contributed by atoms with Gasteiger partial charge in [0, 0.05) is 5.02 Å². The molecule has 0 radical (unpaired) electrons. The van der Waals surface area contributed by atoms with Crippen molar-refractivity contribution in [2.75, 3.05) is 13.2 Å². The lowest BCUT2D eigenvalue weighted by atomic mass is 10.0. The summed E-state index contributed by atoms with van der Waals surface area (Å²) < 4.78 is 10.9. The summed E-state index contributed by atoms with van der Waals surface area (Å²) in [6.45, 7) is 6.02. The number of hydrogen-bond donors (Lipinski definition) is 2. The first kappa shape index (κ1) is 27.0. The molecule has 0 aliphatic rings. The van der Waals surface area contributed by atoms with Gasteiger partial charge in [0.25, 0.3) is 11.8 Å². The van der Waals surface area contributed by atoms with Crippen LogP contribution in [-0.4, -0.2) is 37.3 Å². The van der Waals surface area contributed by atoms with Gasteiger partial charge in [-0.05, 0) is 61.2 Å². The zero-order chi connectivity index (χ0) is 25.1. The maximum atomic E-state index is 12.7. The topological polar surface area (TPSA) is 113 Å². The Morgan fingerprint density at radius 2 is 1.91 bits per heavy atom. The number of carbonyl (C=O) groups excluding carboxylic acids is 2. The Morgan fingerprint density at radius 3 is 2.56 bits per heavy atom. The average molecular weight is 505 g/mol. The molecule has 1 atom stereocenters. The fourth-order valence-electron chi connectivity index (χ4n) is 2.96. The maximum Gasteiger partial charge on any atom is 0.262 e. The van der Waals surface area contributed by atoms with E-state index in [9.17, 15) is 9.59 Å². The van der Waals surface area contributed by atoms with E-state index in [0.29, 0.717) is 35.1 Å². The number of hydrazone groups is 1. The van der Waals surface area contributed by atoms with E-state index >= 15 is 0 Å². The molecule has 34 heavy (non-hydrogen) atoms. The molecule has 0 bridgehead atoms. The monoisotopic (exact) mass is 504 g/mol. The van der Waals surface area contributed by atoms with Crippen LogP contribution in [0.1, 0.15) is 43.1 Å². The van der Waals surface area contributed by atoms with Crippen molar-refractivity contribution in [1.82, 2.24) is 10.7 Å². The molecule has 0 saturated carbocycles. The van der Waals surface area contributed by atoms with Crippen LogP contribution in [0.15, 0.2) is 41.5 Å².